The van der Waals surface area contributed by atoms with Crippen LogP contribution in [0.15, 0.2) is 110 Å². The summed E-state index contributed by atoms with van der Waals surface area (Å²) in [5.41, 5.74) is 1.73. The van der Waals surface area contributed by atoms with Crippen LogP contribution in [0.1, 0.15) is 12.5 Å². The molecule has 4 aromatic carbocycles. The van der Waals surface area contributed by atoms with Gasteiger partial charge >= 0.3 is 0 Å². The Hall–Kier alpha value is -2.89. The molecule has 0 fully saturated rings. The fourth-order valence-electron chi connectivity index (χ4n) is 3.74. The largest absolute Gasteiger partial charge is 0.313 e. The van der Waals surface area contributed by atoms with Gasteiger partial charge in [0.1, 0.15) is 7.14 Å². The Kier molecular flexibility index (Phi) is 5.03. The minimum atomic E-state index is -2.90. The minimum absolute atomic E-state index is 0.210. The van der Waals surface area contributed by atoms with Gasteiger partial charge in [0, 0.05) is 16.3 Å². The molecule has 4 rings (SSSR count). The highest BCUT2D eigenvalue weighted by Gasteiger charge is 2.35. The third kappa shape index (κ3) is 3.23. The number of hydrogen-bond acceptors (Lipinski definition) is 1. The van der Waals surface area contributed by atoms with Crippen LogP contribution in [0.4, 0.5) is 0 Å². The summed E-state index contributed by atoms with van der Waals surface area (Å²) in [5, 5.41) is 4.11. The molecule has 0 aliphatic carbocycles. The van der Waals surface area contributed by atoms with E-state index in [0.717, 1.165) is 21.7 Å². The first-order chi connectivity index (χ1) is 13.6. The number of rotatable bonds is 5. The highest BCUT2D eigenvalue weighted by Crippen LogP contribution is 2.52. The van der Waals surface area contributed by atoms with Gasteiger partial charge in [-0.05, 0) is 28.0 Å². The summed E-state index contributed by atoms with van der Waals surface area (Å²) in [6, 6.07) is 34.2. The fraction of sp³-hybridized carbons (Fsp3) is 0.0769. The molecule has 0 heterocycles. The van der Waals surface area contributed by atoms with Gasteiger partial charge in [0.2, 0.25) is 0 Å². The first-order valence-electron chi connectivity index (χ1n) is 9.49. The van der Waals surface area contributed by atoms with E-state index in [2.05, 4.69) is 36.9 Å². The van der Waals surface area contributed by atoms with Crippen molar-refractivity contribution in [2.75, 3.05) is 0 Å². The van der Waals surface area contributed by atoms with Gasteiger partial charge in [-0.15, -0.1) is 0 Å². The van der Waals surface area contributed by atoms with E-state index < -0.39 is 7.14 Å². The van der Waals surface area contributed by atoms with Crippen molar-refractivity contribution in [1.82, 2.24) is 0 Å². The van der Waals surface area contributed by atoms with E-state index in [4.69, 9.17) is 0 Å². The first kappa shape index (κ1) is 18.5. The summed E-state index contributed by atoms with van der Waals surface area (Å²) < 4.78 is 14.5. The van der Waals surface area contributed by atoms with Crippen LogP contribution in [0.25, 0.3) is 16.3 Å². The highest BCUT2D eigenvalue weighted by atomic mass is 31.2. The topological polar surface area (TPSA) is 17.1 Å². The Balaban J connectivity index is 1.82. The minimum Gasteiger partial charge on any atom is -0.313 e. The Bertz CT molecular complexity index is 1120. The molecule has 0 saturated carbocycles. The van der Waals surface area contributed by atoms with E-state index in [1.807, 2.05) is 79.7 Å². The highest BCUT2D eigenvalue weighted by molar-refractivity contribution is 7.79. The second-order valence-electron chi connectivity index (χ2n) is 7.09. The Morgan fingerprint density at radius 2 is 1.21 bits per heavy atom. The zero-order valence-electron chi connectivity index (χ0n) is 16.0. The summed E-state index contributed by atoms with van der Waals surface area (Å²) in [5.74, 6) is 0. The molecule has 0 N–H and O–H groups in total. The van der Waals surface area contributed by atoms with E-state index in [-0.39, 0.29) is 5.66 Å². The second kappa shape index (κ2) is 7.62. The molecular weight excluding hydrogens is 359 g/mol. The van der Waals surface area contributed by atoms with Gasteiger partial charge in [-0.3, -0.25) is 0 Å². The number of hydrogen-bond donors (Lipinski definition) is 0. The molecule has 138 valence electrons. The summed E-state index contributed by atoms with van der Waals surface area (Å²) in [7, 11) is -2.90. The van der Waals surface area contributed by atoms with Crippen LogP contribution < -0.4 is 10.6 Å². The van der Waals surface area contributed by atoms with Gasteiger partial charge in [-0.25, -0.2) is 0 Å². The van der Waals surface area contributed by atoms with Crippen molar-refractivity contribution < 1.29 is 4.57 Å². The quantitative estimate of drug-likeness (QED) is 0.373. The predicted octanol–water partition coefficient (Wildman–Crippen LogP) is 6.26. The molecule has 0 bridgehead atoms. The molecule has 0 amide bonds. The van der Waals surface area contributed by atoms with Crippen molar-refractivity contribution >= 4 is 34.1 Å². The molecule has 28 heavy (non-hydrogen) atoms. The smallest absolute Gasteiger partial charge is 0.150 e. The first-order valence-corrected chi connectivity index (χ1v) is 11.3. The molecule has 2 heteroatoms. The van der Waals surface area contributed by atoms with Crippen LogP contribution in [-0.2, 0) is 4.57 Å². The van der Waals surface area contributed by atoms with E-state index in [9.17, 15) is 4.57 Å². The van der Waals surface area contributed by atoms with E-state index in [0.29, 0.717) is 0 Å². The van der Waals surface area contributed by atoms with Crippen molar-refractivity contribution in [3.8, 4) is 0 Å². The Morgan fingerprint density at radius 1 is 0.714 bits per heavy atom. The maximum absolute atomic E-state index is 14.5. The fourth-order valence-corrected chi connectivity index (χ4v) is 6.76. The maximum Gasteiger partial charge on any atom is 0.150 e. The average Bonchev–Trinajstić information content (AvgIpc) is 2.78. The van der Waals surface area contributed by atoms with Crippen LogP contribution in [0.2, 0.25) is 0 Å². The summed E-state index contributed by atoms with van der Waals surface area (Å²) >= 11 is 0. The van der Waals surface area contributed by atoms with Crippen LogP contribution in [0, 0.1) is 0 Å². The molecular formula is C26H23OP. The molecule has 0 aliphatic heterocycles. The second-order valence-corrected chi connectivity index (χ2v) is 10.2. The molecule has 0 unspecified atom stereocenters. The predicted molar refractivity (Wildman–Crippen MR) is 122 cm³/mol. The third-order valence-electron chi connectivity index (χ3n) is 5.45. The summed E-state index contributed by atoms with van der Waals surface area (Å²) in [4.78, 5) is 0. The molecule has 4 aromatic rings. The lowest BCUT2D eigenvalue weighted by molar-refractivity contribution is 0.584. The Labute approximate surface area is 166 Å². The van der Waals surface area contributed by atoms with Gasteiger partial charge in [0.05, 0.1) is 0 Å². The van der Waals surface area contributed by atoms with Gasteiger partial charge in [-0.2, -0.15) is 0 Å². The van der Waals surface area contributed by atoms with Crippen LogP contribution in [0.5, 0.6) is 0 Å². The molecule has 0 saturated heterocycles. The molecule has 0 radical (unpaired) electrons. The zero-order chi connectivity index (χ0) is 19.6. The van der Waals surface area contributed by atoms with Crippen molar-refractivity contribution in [3.63, 3.8) is 0 Å². The van der Waals surface area contributed by atoms with Crippen molar-refractivity contribution in [2.45, 2.75) is 12.6 Å². The monoisotopic (exact) mass is 382 g/mol. The van der Waals surface area contributed by atoms with Crippen LogP contribution in [0.3, 0.4) is 0 Å². The SMILES string of the molecule is C=C(c1ccc2ccccc2c1)[C@H](C)P(=O)(c1ccccc1)c1ccccc1. The molecule has 0 spiro atoms. The molecule has 1 atom stereocenters. The lowest BCUT2D eigenvalue weighted by Gasteiger charge is -2.28. The zero-order valence-corrected chi connectivity index (χ0v) is 16.8. The van der Waals surface area contributed by atoms with E-state index in [1.54, 1.807) is 0 Å². The molecule has 1 nitrogen and oxygen atoms in total. The molecule has 0 aliphatic rings. The maximum atomic E-state index is 14.5. The van der Waals surface area contributed by atoms with Crippen LogP contribution in [-0.4, -0.2) is 5.66 Å². The number of benzene rings is 4. The standard InChI is InChI=1S/C26H23OP/c1-20(23-18-17-22-11-9-10-12-24(22)19-23)21(2)28(27,25-13-5-3-6-14-25)26-15-7-4-8-16-26/h3-19,21H,1H2,2H3/t21-/m0/s1. The third-order valence-corrected chi connectivity index (χ3v) is 8.98. The van der Waals surface area contributed by atoms with Gasteiger partial charge < -0.3 is 4.57 Å². The van der Waals surface area contributed by atoms with Crippen molar-refractivity contribution in [3.05, 3.63) is 115 Å². The van der Waals surface area contributed by atoms with Crippen molar-refractivity contribution in [2.24, 2.45) is 0 Å². The van der Waals surface area contributed by atoms with Crippen molar-refractivity contribution in [1.29, 1.82) is 0 Å². The van der Waals surface area contributed by atoms with Gasteiger partial charge in [0.25, 0.3) is 0 Å². The van der Waals surface area contributed by atoms with Crippen LogP contribution >= 0.6 is 7.14 Å². The lowest BCUT2D eigenvalue weighted by atomic mass is 10.0. The van der Waals surface area contributed by atoms with E-state index in [1.165, 1.54) is 10.8 Å². The Morgan fingerprint density at radius 3 is 1.79 bits per heavy atom. The van der Waals surface area contributed by atoms with Gasteiger partial charge in [0.15, 0.2) is 0 Å². The summed E-state index contributed by atoms with van der Waals surface area (Å²) in [6.45, 7) is 6.42. The summed E-state index contributed by atoms with van der Waals surface area (Å²) in [6.07, 6.45) is 0. The van der Waals surface area contributed by atoms with Gasteiger partial charge in [-0.1, -0.05) is 111 Å². The number of allylic oxidation sites excluding steroid dienone is 1. The normalized spacial score (nSPS) is 12.6. The lowest BCUT2D eigenvalue weighted by Crippen LogP contribution is -2.24. The molecule has 0 aromatic heterocycles. The number of fused-ring (bicyclic) bond motifs is 1. The van der Waals surface area contributed by atoms with E-state index >= 15 is 0 Å². The average molecular weight is 382 g/mol.